The molecule has 0 bridgehead atoms. The fourth-order valence-electron chi connectivity index (χ4n) is 3.06. The molecule has 1 saturated heterocycles. The van der Waals surface area contributed by atoms with E-state index in [0.717, 1.165) is 17.2 Å². The minimum absolute atomic E-state index is 0.339. The standard InChI is InChI=1S/C18H24N2O3S/c1-2-17(21)14-19-9-11-20(12-10-19)24(22,23)18-8-7-15-5-3-4-6-16(15)13-18/h3-8,13,17,21H,2,9-12,14H2,1H3. The van der Waals surface area contributed by atoms with Crippen LogP contribution in [-0.2, 0) is 10.0 Å². The van der Waals surface area contributed by atoms with Gasteiger partial charge >= 0.3 is 0 Å². The molecule has 2 aromatic rings. The highest BCUT2D eigenvalue weighted by atomic mass is 32.2. The van der Waals surface area contributed by atoms with E-state index >= 15 is 0 Å². The van der Waals surface area contributed by atoms with Gasteiger partial charge in [0, 0.05) is 32.7 Å². The van der Waals surface area contributed by atoms with E-state index in [1.54, 1.807) is 16.4 Å². The summed E-state index contributed by atoms with van der Waals surface area (Å²) in [6, 6.07) is 13.1. The second-order valence-electron chi connectivity index (χ2n) is 6.28. The van der Waals surface area contributed by atoms with Gasteiger partial charge in [-0.2, -0.15) is 4.31 Å². The van der Waals surface area contributed by atoms with Crippen molar-refractivity contribution in [2.45, 2.75) is 24.3 Å². The van der Waals surface area contributed by atoms with Gasteiger partial charge in [-0.3, -0.25) is 4.90 Å². The molecule has 1 N–H and O–H groups in total. The van der Waals surface area contributed by atoms with E-state index in [0.29, 0.717) is 37.6 Å². The molecule has 130 valence electrons. The van der Waals surface area contributed by atoms with Crippen molar-refractivity contribution >= 4 is 20.8 Å². The minimum atomic E-state index is -3.47. The minimum Gasteiger partial charge on any atom is -0.392 e. The topological polar surface area (TPSA) is 60.9 Å². The highest BCUT2D eigenvalue weighted by Crippen LogP contribution is 2.22. The molecule has 0 radical (unpaired) electrons. The predicted molar refractivity (Wildman–Crippen MR) is 95.4 cm³/mol. The molecule has 0 saturated carbocycles. The zero-order valence-electron chi connectivity index (χ0n) is 13.9. The Bertz CT molecular complexity index is 799. The molecule has 0 aliphatic carbocycles. The number of aliphatic hydroxyl groups excluding tert-OH is 1. The Hall–Kier alpha value is -1.47. The molecule has 1 fully saturated rings. The van der Waals surface area contributed by atoms with E-state index in [2.05, 4.69) is 4.90 Å². The van der Waals surface area contributed by atoms with Crippen molar-refractivity contribution in [1.82, 2.24) is 9.21 Å². The van der Waals surface area contributed by atoms with Crippen LogP contribution in [0.3, 0.4) is 0 Å². The van der Waals surface area contributed by atoms with Crippen molar-refractivity contribution in [2.75, 3.05) is 32.7 Å². The molecule has 24 heavy (non-hydrogen) atoms. The van der Waals surface area contributed by atoms with Crippen molar-refractivity contribution in [3.05, 3.63) is 42.5 Å². The number of nitrogens with zero attached hydrogens (tertiary/aromatic N) is 2. The molecular weight excluding hydrogens is 324 g/mol. The highest BCUT2D eigenvalue weighted by molar-refractivity contribution is 7.89. The largest absolute Gasteiger partial charge is 0.392 e. The van der Waals surface area contributed by atoms with E-state index in [1.807, 2.05) is 37.3 Å². The maximum Gasteiger partial charge on any atom is 0.243 e. The SMILES string of the molecule is CCC(O)CN1CCN(S(=O)(=O)c2ccc3ccccc3c2)CC1. The van der Waals surface area contributed by atoms with Gasteiger partial charge in [0.2, 0.25) is 10.0 Å². The fraction of sp³-hybridized carbons (Fsp3) is 0.444. The molecule has 1 heterocycles. The molecule has 0 amide bonds. The first kappa shape index (κ1) is 17.4. The smallest absolute Gasteiger partial charge is 0.243 e. The number of aliphatic hydroxyl groups is 1. The number of sulfonamides is 1. The molecule has 1 atom stereocenters. The van der Waals surface area contributed by atoms with E-state index in [9.17, 15) is 13.5 Å². The van der Waals surface area contributed by atoms with Gasteiger partial charge in [0.25, 0.3) is 0 Å². The number of benzene rings is 2. The highest BCUT2D eigenvalue weighted by Gasteiger charge is 2.29. The first-order valence-electron chi connectivity index (χ1n) is 8.40. The summed E-state index contributed by atoms with van der Waals surface area (Å²) in [5.74, 6) is 0. The monoisotopic (exact) mass is 348 g/mol. The number of hydrogen-bond donors (Lipinski definition) is 1. The fourth-order valence-corrected chi connectivity index (χ4v) is 4.51. The van der Waals surface area contributed by atoms with Crippen LogP contribution in [0.25, 0.3) is 10.8 Å². The summed E-state index contributed by atoms with van der Waals surface area (Å²) < 4.78 is 27.3. The zero-order chi connectivity index (χ0) is 17.2. The maximum atomic E-state index is 12.9. The molecule has 5 nitrogen and oxygen atoms in total. The predicted octanol–water partition coefficient (Wildman–Crippen LogP) is 1.92. The third-order valence-electron chi connectivity index (χ3n) is 4.63. The summed E-state index contributed by atoms with van der Waals surface area (Å²) in [6.45, 7) is 4.80. The van der Waals surface area contributed by atoms with Crippen LogP contribution in [0.5, 0.6) is 0 Å². The summed E-state index contributed by atoms with van der Waals surface area (Å²) >= 11 is 0. The summed E-state index contributed by atoms with van der Waals surface area (Å²) in [6.07, 6.45) is 0.379. The molecular formula is C18H24N2O3S. The summed E-state index contributed by atoms with van der Waals surface area (Å²) in [5.41, 5.74) is 0. The van der Waals surface area contributed by atoms with E-state index in [1.165, 1.54) is 0 Å². The average molecular weight is 348 g/mol. The third kappa shape index (κ3) is 3.62. The second-order valence-corrected chi connectivity index (χ2v) is 8.21. The average Bonchev–Trinajstić information content (AvgIpc) is 2.61. The number of β-amino-alcohol motifs (C(OH)–C–C–N with tert-alkyl or cyclic N) is 1. The van der Waals surface area contributed by atoms with Crippen LogP contribution in [0, 0.1) is 0 Å². The number of piperazine rings is 1. The first-order chi connectivity index (χ1) is 11.5. The lowest BCUT2D eigenvalue weighted by molar-refractivity contribution is 0.0896. The Morgan fingerprint density at radius 3 is 2.38 bits per heavy atom. The maximum absolute atomic E-state index is 12.9. The molecule has 2 aromatic carbocycles. The number of rotatable bonds is 5. The molecule has 0 spiro atoms. The van der Waals surface area contributed by atoms with Crippen molar-refractivity contribution in [3.63, 3.8) is 0 Å². The second kappa shape index (κ2) is 7.19. The van der Waals surface area contributed by atoms with Gasteiger partial charge in [0.1, 0.15) is 0 Å². The third-order valence-corrected chi connectivity index (χ3v) is 6.52. The van der Waals surface area contributed by atoms with Crippen LogP contribution in [0.2, 0.25) is 0 Å². The lowest BCUT2D eigenvalue weighted by Gasteiger charge is -2.34. The van der Waals surface area contributed by atoms with Gasteiger partial charge in [-0.05, 0) is 29.3 Å². The Balaban J connectivity index is 1.73. The molecule has 1 aliphatic heterocycles. The van der Waals surface area contributed by atoms with Gasteiger partial charge in [0.15, 0.2) is 0 Å². The number of fused-ring (bicyclic) bond motifs is 1. The van der Waals surface area contributed by atoms with Crippen LogP contribution in [0.4, 0.5) is 0 Å². The van der Waals surface area contributed by atoms with Gasteiger partial charge in [-0.15, -0.1) is 0 Å². The first-order valence-corrected chi connectivity index (χ1v) is 9.84. The molecule has 1 unspecified atom stereocenters. The van der Waals surface area contributed by atoms with Gasteiger partial charge in [-0.1, -0.05) is 37.3 Å². The molecule has 6 heteroatoms. The summed E-state index contributed by atoms with van der Waals surface area (Å²) in [4.78, 5) is 2.48. The van der Waals surface area contributed by atoms with Crippen molar-refractivity contribution in [2.24, 2.45) is 0 Å². The normalized spacial score (nSPS) is 18.8. The Labute approximate surface area is 143 Å². The van der Waals surface area contributed by atoms with Crippen LogP contribution in [0.15, 0.2) is 47.4 Å². The van der Waals surface area contributed by atoms with E-state index < -0.39 is 10.0 Å². The Morgan fingerprint density at radius 1 is 1.04 bits per heavy atom. The van der Waals surface area contributed by atoms with Gasteiger partial charge in [-0.25, -0.2) is 8.42 Å². The molecule has 3 rings (SSSR count). The van der Waals surface area contributed by atoms with Crippen LogP contribution < -0.4 is 0 Å². The Kier molecular flexibility index (Phi) is 5.20. The van der Waals surface area contributed by atoms with Crippen molar-refractivity contribution < 1.29 is 13.5 Å². The number of hydrogen-bond acceptors (Lipinski definition) is 4. The van der Waals surface area contributed by atoms with Crippen LogP contribution >= 0.6 is 0 Å². The summed E-state index contributed by atoms with van der Waals surface area (Å²) in [5, 5.41) is 11.7. The van der Waals surface area contributed by atoms with Crippen LogP contribution in [0.1, 0.15) is 13.3 Å². The van der Waals surface area contributed by atoms with Crippen LogP contribution in [-0.4, -0.2) is 61.6 Å². The van der Waals surface area contributed by atoms with E-state index in [4.69, 9.17) is 0 Å². The lowest BCUT2D eigenvalue weighted by atomic mass is 10.1. The molecule has 0 aromatic heterocycles. The molecule has 1 aliphatic rings. The quantitative estimate of drug-likeness (QED) is 0.897. The zero-order valence-corrected chi connectivity index (χ0v) is 14.7. The summed E-state index contributed by atoms with van der Waals surface area (Å²) in [7, 11) is -3.47. The van der Waals surface area contributed by atoms with E-state index in [-0.39, 0.29) is 6.10 Å². The van der Waals surface area contributed by atoms with Crippen molar-refractivity contribution in [3.8, 4) is 0 Å². The Morgan fingerprint density at radius 2 is 1.71 bits per heavy atom. The van der Waals surface area contributed by atoms with Crippen molar-refractivity contribution in [1.29, 1.82) is 0 Å². The van der Waals surface area contributed by atoms with Gasteiger partial charge in [0.05, 0.1) is 11.0 Å². The van der Waals surface area contributed by atoms with Gasteiger partial charge < -0.3 is 5.11 Å². The lowest BCUT2D eigenvalue weighted by Crippen LogP contribution is -2.50.